The van der Waals surface area contributed by atoms with Crippen molar-refractivity contribution >= 4 is 0 Å². The van der Waals surface area contributed by atoms with Gasteiger partial charge in [-0.25, -0.2) is 0 Å². The van der Waals surface area contributed by atoms with Crippen molar-refractivity contribution in [1.29, 1.82) is 0 Å². The lowest BCUT2D eigenvalue weighted by atomic mass is 10.0. The first-order chi connectivity index (χ1) is 10.4. The van der Waals surface area contributed by atoms with E-state index in [1.54, 1.807) is 0 Å². The second-order valence-electron chi connectivity index (χ2n) is 6.11. The lowest BCUT2D eigenvalue weighted by molar-refractivity contribution is 0.143. The van der Waals surface area contributed by atoms with E-state index in [0.717, 1.165) is 13.2 Å². The Hall–Kier alpha value is -0.300. The standard InChI is InChI=1S/C20H40O/c1-3-5-6-7-8-9-10-11-12-13-14-15-16-17-18-19-20-21-4-2/h5-6H,3-4,7-20H2,1-2H3/b6-5+. The van der Waals surface area contributed by atoms with Crippen LogP contribution in [0.3, 0.4) is 0 Å². The normalized spacial score (nSPS) is 11.5. The highest BCUT2D eigenvalue weighted by Crippen LogP contribution is 2.12. The summed E-state index contributed by atoms with van der Waals surface area (Å²) in [6, 6.07) is 0. The zero-order valence-corrected chi connectivity index (χ0v) is 14.9. The summed E-state index contributed by atoms with van der Waals surface area (Å²) in [5.41, 5.74) is 0. The molecule has 0 N–H and O–H groups in total. The minimum Gasteiger partial charge on any atom is -0.382 e. The van der Waals surface area contributed by atoms with Gasteiger partial charge in [-0.2, -0.15) is 0 Å². The molecule has 0 atom stereocenters. The predicted molar refractivity (Wildman–Crippen MR) is 95.9 cm³/mol. The smallest absolute Gasteiger partial charge is 0.0465 e. The number of hydrogen-bond donors (Lipinski definition) is 0. The van der Waals surface area contributed by atoms with Gasteiger partial charge in [0.25, 0.3) is 0 Å². The van der Waals surface area contributed by atoms with Crippen molar-refractivity contribution in [3.63, 3.8) is 0 Å². The molecule has 0 unspecified atom stereocenters. The first-order valence-corrected chi connectivity index (χ1v) is 9.64. The van der Waals surface area contributed by atoms with Gasteiger partial charge in [0, 0.05) is 13.2 Å². The molecule has 0 aliphatic heterocycles. The van der Waals surface area contributed by atoms with Crippen molar-refractivity contribution in [1.82, 2.24) is 0 Å². The molecule has 0 aliphatic rings. The Bertz CT molecular complexity index is 198. The second-order valence-corrected chi connectivity index (χ2v) is 6.11. The third-order valence-corrected chi connectivity index (χ3v) is 4.02. The average molecular weight is 297 g/mol. The van der Waals surface area contributed by atoms with E-state index in [2.05, 4.69) is 26.0 Å². The van der Waals surface area contributed by atoms with Gasteiger partial charge in [0.2, 0.25) is 0 Å². The summed E-state index contributed by atoms with van der Waals surface area (Å²) in [6.07, 6.45) is 24.0. The first-order valence-electron chi connectivity index (χ1n) is 9.64. The molecule has 0 aromatic rings. The highest BCUT2D eigenvalue weighted by atomic mass is 16.5. The molecule has 0 amide bonds. The molecule has 0 saturated carbocycles. The fourth-order valence-corrected chi connectivity index (χ4v) is 2.66. The van der Waals surface area contributed by atoms with Crippen LogP contribution in [0.5, 0.6) is 0 Å². The molecule has 21 heavy (non-hydrogen) atoms. The summed E-state index contributed by atoms with van der Waals surface area (Å²) in [6.45, 7) is 6.11. The van der Waals surface area contributed by atoms with Crippen molar-refractivity contribution < 1.29 is 4.74 Å². The average Bonchev–Trinajstić information content (AvgIpc) is 2.50. The summed E-state index contributed by atoms with van der Waals surface area (Å²) in [5, 5.41) is 0. The van der Waals surface area contributed by atoms with Crippen LogP contribution in [0.4, 0.5) is 0 Å². The van der Waals surface area contributed by atoms with Gasteiger partial charge in [-0.3, -0.25) is 0 Å². The Morgan fingerprint density at radius 3 is 1.52 bits per heavy atom. The molecular weight excluding hydrogens is 256 g/mol. The Balaban J connectivity index is 2.95. The van der Waals surface area contributed by atoms with Crippen molar-refractivity contribution in [2.24, 2.45) is 0 Å². The Morgan fingerprint density at radius 2 is 1.05 bits per heavy atom. The van der Waals surface area contributed by atoms with Crippen LogP contribution in [-0.2, 0) is 4.74 Å². The molecule has 0 rings (SSSR count). The van der Waals surface area contributed by atoms with Crippen molar-refractivity contribution in [3.05, 3.63) is 12.2 Å². The first kappa shape index (κ1) is 20.7. The summed E-state index contributed by atoms with van der Waals surface area (Å²) in [4.78, 5) is 0. The van der Waals surface area contributed by atoms with E-state index in [9.17, 15) is 0 Å². The van der Waals surface area contributed by atoms with Crippen LogP contribution in [0.25, 0.3) is 0 Å². The summed E-state index contributed by atoms with van der Waals surface area (Å²) in [5.74, 6) is 0. The predicted octanol–water partition coefficient (Wildman–Crippen LogP) is 7.06. The summed E-state index contributed by atoms with van der Waals surface area (Å²) >= 11 is 0. The van der Waals surface area contributed by atoms with Crippen LogP contribution >= 0.6 is 0 Å². The Labute approximate surface area is 134 Å². The molecule has 126 valence electrons. The van der Waals surface area contributed by atoms with Crippen LogP contribution in [-0.4, -0.2) is 13.2 Å². The zero-order valence-electron chi connectivity index (χ0n) is 14.9. The maximum atomic E-state index is 5.35. The third kappa shape index (κ3) is 19.7. The third-order valence-electron chi connectivity index (χ3n) is 4.02. The maximum absolute atomic E-state index is 5.35. The van der Waals surface area contributed by atoms with Gasteiger partial charge >= 0.3 is 0 Å². The van der Waals surface area contributed by atoms with Crippen molar-refractivity contribution in [3.8, 4) is 0 Å². The number of unbranched alkanes of at least 4 members (excludes halogenated alkanes) is 12. The van der Waals surface area contributed by atoms with Crippen LogP contribution in [0.2, 0.25) is 0 Å². The lowest BCUT2D eigenvalue weighted by Gasteiger charge is -2.03. The van der Waals surface area contributed by atoms with Crippen LogP contribution in [0.1, 0.15) is 104 Å². The molecule has 0 spiro atoms. The monoisotopic (exact) mass is 296 g/mol. The molecule has 0 aromatic carbocycles. The molecule has 1 heteroatoms. The fourth-order valence-electron chi connectivity index (χ4n) is 2.66. The molecule has 0 aromatic heterocycles. The minimum absolute atomic E-state index is 0.870. The van der Waals surface area contributed by atoms with Crippen molar-refractivity contribution in [2.75, 3.05) is 13.2 Å². The van der Waals surface area contributed by atoms with Crippen molar-refractivity contribution in [2.45, 2.75) is 104 Å². The highest BCUT2D eigenvalue weighted by Gasteiger charge is 1.93. The SMILES string of the molecule is CC/C=C/CCCCCCCCCCCCCCOCC. The van der Waals surface area contributed by atoms with Gasteiger partial charge < -0.3 is 4.74 Å². The van der Waals surface area contributed by atoms with Gasteiger partial charge in [0.1, 0.15) is 0 Å². The second kappa shape index (κ2) is 19.7. The quantitative estimate of drug-likeness (QED) is 0.206. The van der Waals surface area contributed by atoms with Gasteiger partial charge in [-0.05, 0) is 32.6 Å². The van der Waals surface area contributed by atoms with Gasteiger partial charge in [0.05, 0.1) is 0 Å². The number of ether oxygens (including phenoxy) is 1. The van der Waals surface area contributed by atoms with Gasteiger partial charge in [-0.1, -0.05) is 83.3 Å². The number of allylic oxidation sites excluding steroid dienone is 2. The molecule has 0 aliphatic carbocycles. The molecule has 0 radical (unpaired) electrons. The van der Waals surface area contributed by atoms with Crippen LogP contribution in [0.15, 0.2) is 12.2 Å². The van der Waals surface area contributed by atoms with Gasteiger partial charge in [-0.15, -0.1) is 0 Å². The van der Waals surface area contributed by atoms with Crippen LogP contribution in [0, 0.1) is 0 Å². The number of hydrogen-bond acceptors (Lipinski definition) is 1. The number of rotatable bonds is 17. The lowest BCUT2D eigenvalue weighted by Crippen LogP contribution is -1.92. The largest absolute Gasteiger partial charge is 0.382 e. The molecule has 0 fully saturated rings. The minimum atomic E-state index is 0.870. The topological polar surface area (TPSA) is 9.23 Å². The maximum Gasteiger partial charge on any atom is 0.0465 e. The summed E-state index contributed by atoms with van der Waals surface area (Å²) < 4.78 is 5.35. The van der Waals surface area contributed by atoms with E-state index in [-0.39, 0.29) is 0 Å². The van der Waals surface area contributed by atoms with E-state index in [1.807, 2.05) is 0 Å². The Kier molecular flexibility index (Phi) is 19.4. The fraction of sp³-hybridized carbons (Fsp3) is 0.900. The highest BCUT2D eigenvalue weighted by molar-refractivity contribution is 4.79. The van der Waals surface area contributed by atoms with E-state index in [1.165, 1.54) is 89.9 Å². The molecule has 0 heterocycles. The van der Waals surface area contributed by atoms with Gasteiger partial charge in [0.15, 0.2) is 0 Å². The van der Waals surface area contributed by atoms with Crippen LogP contribution < -0.4 is 0 Å². The summed E-state index contributed by atoms with van der Waals surface area (Å²) in [7, 11) is 0. The molecule has 0 saturated heterocycles. The Morgan fingerprint density at radius 1 is 0.571 bits per heavy atom. The molecular formula is C20H40O. The van der Waals surface area contributed by atoms with E-state index in [0.29, 0.717) is 0 Å². The van der Waals surface area contributed by atoms with E-state index < -0.39 is 0 Å². The molecule has 1 nitrogen and oxygen atoms in total. The van der Waals surface area contributed by atoms with E-state index in [4.69, 9.17) is 4.74 Å². The zero-order chi connectivity index (χ0) is 15.4. The molecule has 0 bridgehead atoms. The van der Waals surface area contributed by atoms with E-state index >= 15 is 0 Å².